The van der Waals surface area contributed by atoms with Gasteiger partial charge in [0, 0.05) is 25.6 Å². The molecule has 2 amide bonds. The summed E-state index contributed by atoms with van der Waals surface area (Å²) in [7, 11) is -3.78. The molecule has 1 aliphatic rings. The minimum Gasteiger partial charge on any atom is -0.319 e. The molecule has 0 saturated carbocycles. The third-order valence-corrected chi connectivity index (χ3v) is 6.55. The Morgan fingerprint density at radius 3 is 2.11 bits per heavy atom. The Kier molecular flexibility index (Phi) is 5.81. The van der Waals surface area contributed by atoms with E-state index in [0.29, 0.717) is 5.56 Å². The van der Waals surface area contributed by atoms with Crippen molar-refractivity contribution in [2.24, 2.45) is 0 Å². The van der Waals surface area contributed by atoms with Gasteiger partial charge in [0.15, 0.2) is 0 Å². The van der Waals surface area contributed by atoms with Crippen molar-refractivity contribution in [3.05, 3.63) is 65.7 Å². The lowest BCUT2D eigenvalue weighted by molar-refractivity contribution is -0.131. The van der Waals surface area contributed by atoms with Gasteiger partial charge in [-0.05, 0) is 31.2 Å². The first kappa shape index (κ1) is 20.0. The monoisotopic (exact) mass is 401 g/mol. The van der Waals surface area contributed by atoms with Crippen LogP contribution in [0.4, 0.5) is 0 Å². The third kappa shape index (κ3) is 4.23. The Hall–Kier alpha value is -2.71. The predicted molar refractivity (Wildman–Crippen MR) is 105 cm³/mol. The fraction of sp³-hybridized carbons (Fsp3) is 0.300. The molecule has 2 aromatic carbocycles. The van der Waals surface area contributed by atoms with Crippen LogP contribution in [0.3, 0.4) is 0 Å². The molecule has 0 aromatic heterocycles. The topological polar surface area (TPSA) is 78.0 Å². The highest BCUT2D eigenvalue weighted by atomic mass is 32.2. The van der Waals surface area contributed by atoms with E-state index in [1.54, 1.807) is 48.5 Å². The van der Waals surface area contributed by atoms with E-state index in [-0.39, 0.29) is 43.1 Å². The van der Waals surface area contributed by atoms with E-state index in [2.05, 4.69) is 0 Å². The Morgan fingerprint density at radius 1 is 0.857 bits per heavy atom. The number of nitrogens with zero attached hydrogens (tertiary/aromatic N) is 3. The summed E-state index contributed by atoms with van der Waals surface area (Å²) in [6.45, 7) is 3.51. The molecule has 0 unspecified atom stereocenters. The first-order valence-corrected chi connectivity index (χ1v) is 10.4. The lowest BCUT2D eigenvalue weighted by Crippen LogP contribution is -2.44. The molecule has 28 heavy (non-hydrogen) atoms. The molecular formula is C20H23N3O4S. The summed E-state index contributed by atoms with van der Waals surface area (Å²) < 4.78 is 27.3. The Morgan fingerprint density at radius 2 is 1.50 bits per heavy atom. The lowest BCUT2D eigenvalue weighted by Gasteiger charge is -2.27. The number of hydrogen-bond donors (Lipinski definition) is 0. The summed E-state index contributed by atoms with van der Waals surface area (Å²) in [5, 5.41) is 0. The summed E-state index contributed by atoms with van der Waals surface area (Å²) in [6, 6.07) is 15.3. The zero-order valence-corrected chi connectivity index (χ0v) is 16.7. The first-order chi connectivity index (χ1) is 13.3. The summed E-state index contributed by atoms with van der Waals surface area (Å²) in [5.74, 6) is -0.529. The van der Waals surface area contributed by atoms with Crippen LogP contribution >= 0.6 is 0 Å². The largest absolute Gasteiger partial charge is 0.319 e. The van der Waals surface area contributed by atoms with Gasteiger partial charge < -0.3 is 9.80 Å². The Balaban J connectivity index is 1.87. The van der Waals surface area contributed by atoms with Crippen LogP contribution in [-0.4, -0.2) is 60.8 Å². The van der Waals surface area contributed by atoms with Crippen LogP contribution in [0.2, 0.25) is 0 Å². The second-order valence-electron chi connectivity index (χ2n) is 6.77. The maximum atomic E-state index is 13.1. The number of hydrogen-bond acceptors (Lipinski definition) is 4. The number of carbonyl (C=O) groups excluding carboxylic acids is 2. The molecule has 1 fully saturated rings. The van der Waals surface area contributed by atoms with Crippen molar-refractivity contribution in [1.29, 1.82) is 0 Å². The van der Waals surface area contributed by atoms with Gasteiger partial charge in [-0.2, -0.15) is 4.31 Å². The molecule has 1 heterocycles. The second kappa shape index (κ2) is 8.12. The first-order valence-electron chi connectivity index (χ1n) is 8.95. The van der Waals surface area contributed by atoms with E-state index >= 15 is 0 Å². The zero-order valence-electron chi connectivity index (χ0n) is 15.9. The van der Waals surface area contributed by atoms with Crippen molar-refractivity contribution in [3.63, 3.8) is 0 Å². The molecule has 0 N–H and O–H groups in total. The predicted octanol–water partition coefficient (Wildman–Crippen LogP) is 1.91. The molecule has 0 atom stereocenters. The molecular weight excluding hydrogens is 378 g/mol. The van der Waals surface area contributed by atoms with Gasteiger partial charge in [0.1, 0.15) is 0 Å². The summed E-state index contributed by atoms with van der Waals surface area (Å²) >= 11 is 0. The SMILES string of the molecule is CC(=O)N1CN(C(=O)c2ccccc2)CCN(S(=O)(=O)c2ccc(C)cc2)C1. The molecule has 7 nitrogen and oxygen atoms in total. The van der Waals surface area contributed by atoms with Gasteiger partial charge in [0.25, 0.3) is 5.91 Å². The lowest BCUT2D eigenvalue weighted by atomic mass is 10.2. The molecule has 3 rings (SSSR count). The minimum atomic E-state index is -3.78. The van der Waals surface area contributed by atoms with E-state index in [4.69, 9.17) is 0 Å². The maximum absolute atomic E-state index is 13.1. The van der Waals surface area contributed by atoms with Crippen LogP contribution in [0.15, 0.2) is 59.5 Å². The number of sulfonamides is 1. The summed E-state index contributed by atoms with van der Waals surface area (Å²) in [4.78, 5) is 27.9. The van der Waals surface area contributed by atoms with Crippen molar-refractivity contribution < 1.29 is 18.0 Å². The van der Waals surface area contributed by atoms with Crippen LogP contribution in [0.1, 0.15) is 22.8 Å². The summed E-state index contributed by atoms with van der Waals surface area (Å²) in [5.41, 5.74) is 1.46. The molecule has 1 aliphatic heterocycles. The van der Waals surface area contributed by atoms with E-state index in [1.165, 1.54) is 21.0 Å². The molecule has 0 spiro atoms. The van der Waals surface area contributed by atoms with Crippen molar-refractivity contribution in [3.8, 4) is 0 Å². The fourth-order valence-corrected chi connectivity index (χ4v) is 4.39. The number of carbonyl (C=O) groups is 2. The molecule has 148 valence electrons. The molecule has 2 aromatic rings. The number of aryl methyl sites for hydroxylation is 1. The second-order valence-corrected chi connectivity index (χ2v) is 8.71. The van der Waals surface area contributed by atoms with Gasteiger partial charge in [-0.15, -0.1) is 0 Å². The number of amides is 2. The third-order valence-electron chi connectivity index (χ3n) is 4.70. The summed E-state index contributed by atoms with van der Waals surface area (Å²) in [6.07, 6.45) is 0. The van der Waals surface area contributed by atoms with Crippen molar-refractivity contribution in [2.45, 2.75) is 18.7 Å². The quantitative estimate of drug-likeness (QED) is 0.787. The van der Waals surface area contributed by atoms with Gasteiger partial charge in [0.05, 0.1) is 18.2 Å². The zero-order chi connectivity index (χ0) is 20.3. The van der Waals surface area contributed by atoms with Gasteiger partial charge in [-0.25, -0.2) is 8.42 Å². The van der Waals surface area contributed by atoms with Gasteiger partial charge in [-0.3, -0.25) is 9.59 Å². The highest BCUT2D eigenvalue weighted by molar-refractivity contribution is 7.89. The van der Waals surface area contributed by atoms with Crippen molar-refractivity contribution in [1.82, 2.24) is 14.1 Å². The molecule has 0 bridgehead atoms. The van der Waals surface area contributed by atoms with Crippen molar-refractivity contribution >= 4 is 21.8 Å². The van der Waals surface area contributed by atoms with E-state index in [9.17, 15) is 18.0 Å². The minimum absolute atomic E-state index is 0.0446. The highest BCUT2D eigenvalue weighted by Gasteiger charge is 2.32. The van der Waals surface area contributed by atoms with Crippen LogP contribution in [-0.2, 0) is 14.8 Å². The number of rotatable bonds is 3. The molecule has 8 heteroatoms. The molecule has 0 radical (unpaired) electrons. The van der Waals surface area contributed by atoms with Crippen LogP contribution in [0.5, 0.6) is 0 Å². The van der Waals surface area contributed by atoms with Crippen LogP contribution < -0.4 is 0 Å². The normalized spacial score (nSPS) is 15.9. The van der Waals surface area contributed by atoms with E-state index in [0.717, 1.165) is 5.56 Å². The Labute approximate surface area is 165 Å². The maximum Gasteiger partial charge on any atom is 0.255 e. The van der Waals surface area contributed by atoms with Crippen LogP contribution in [0.25, 0.3) is 0 Å². The van der Waals surface area contributed by atoms with Crippen LogP contribution in [0, 0.1) is 6.92 Å². The van der Waals surface area contributed by atoms with E-state index in [1.807, 2.05) is 13.0 Å². The van der Waals surface area contributed by atoms with Gasteiger partial charge in [0.2, 0.25) is 15.9 Å². The average molecular weight is 401 g/mol. The van der Waals surface area contributed by atoms with E-state index < -0.39 is 10.0 Å². The standard InChI is InChI=1S/C20H23N3O4S/c1-16-8-10-19(11-9-16)28(26,27)23-13-12-21(14-22(15-23)17(2)24)20(25)18-6-4-3-5-7-18/h3-11H,12-15H2,1-2H3. The molecule has 0 aliphatic carbocycles. The molecule has 1 saturated heterocycles. The number of benzene rings is 2. The van der Waals surface area contributed by atoms with Crippen molar-refractivity contribution in [2.75, 3.05) is 26.4 Å². The van der Waals surface area contributed by atoms with Gasteiger partial charge in [-0.1, -0.05) is 35.9 Å². The highest BCUT2D eigenvalue weighted by Crippen LogP contribution is 2.19. The fourth-order valence-electron chi connectivity index (χ4n) is 3.00. The average Bonchev–Trinajstić information content (AvgIpc) is 2.92. The smallest absolute Gasteiger partial charge is 0.255 e. The Bertz CT molecular complexity index is 959. The van der Waals surface area contributed by atoms with Gasteiger partial charge >= 0.3 is 0 Å².